The number of thioether (sulfide) groups is 1. The van der Waals surface area contributed by atoms with E-state index in [4.69, 9.17) is 27.9 Å². The third kappa shape index (κ3) is 3.67. The van der Waals surface area contributed by atoms with Crippen LogP contribution in [0.5, 0.6) is 5.75 Å². The van der Waals surface area contributed by atoms with Crippen molar-refractivity contribution in [1.29, 1.82) is 0 Å². The topological polar surface area (TPSA) is 9.23 Å². The van der Waals surface area contributed by atoms with Crippen molar-refractivity contribution in [2.75, 3.05) is 18.6 Å². The van der Waals surface area contributed by atoms with Gasteiger partial charge in [-0.3, -0.25) is 0 Å². The monoisotopic (exact) mass is 236 g/mol. The van der Waals surface area contributed by atoms with Gasteiger partial charge < -0.3 is 4.74 Å². The number of benzene rings is 1. The number of halogens is 2. The third-order valence-electron chi connectivity index (χ3n) is 1.44. The maximum Gasteiger partial charge on any atom is 0.139 e. The molecule has 0 unspecified atom stereocenters. The molecule has 4 heteroatoms. The minimum atomic E-state index is 0.602. The molecule has 0 spiro atoms. The molecule has 0 heterocycles. The van der Waals surface area contributed by atoms with Crippen LogP contribution in [0.2, 0.25) is 10.0 Å². The van der Waals surface area contributed by atoms with Gasteiger partial charge in [-0.05, 0) is 18.4 Å². The lowest BCUT2D eigenvalue weighted by Gasteiger charge is -2.06. The highest BCUT2D eigenvalue weighted by atomic mass is 35.5. The minimum Gasteiger partial charge on any atom is -0.491 e. The molecule has 0 aliphatic carbocycles. The molecule has 0 radical (unpaired) electrons. The number of ether oxygens (including phenoxy) is 1. The minimum absolute atomic E-state index is 0.602. The fraction of sp³-hybridized carbons (Fsp3) is 0.333. The van der Waals surface area contributed by atoms with E-state index in [2.05, 4.69) is 0 Å². The highest BCUT2D eigenvalue weighted by Crippen LogP contribution is 2.27. The quantitative estimate of drug-likeness (QED) is 0.738. The van der Waals surface area contributed by atoms with Crippen molar-refractivity contribution in [1.82, 2.24) is 0 Å². The van der Waals surface area contributed by atoms with Gasteiger partial charge in [-0.2, -0.15) is 11.8 Å². The van der Waals surface area contributed by atoms with E-state index in [1.165, 1.54) is 0 Å². The molecule has 0 aromatic heterocycles. The molecule has 1 rings (SSSR count). The Morgan fingerprint density at radius 2 is 2.15 bits per heavy atom. The van der Waals surface area contributed by atoms with Crippen LogP contribution in [0.15, 0.2) is 18.2 Å². The largest absolute Gasteiger partial charge is 0.491 e. The molecular weight excluding hydrogens is 227 g/mol. The van der Waals surface area contributed by atoms with Crippen LogP contribution in [0.25, 0.3) is 0 Å². The zero-order chi connectivity index (χ0) is 9.68. The van der Waals surface area contributed by atoms with Gasteiger partial charge in [0.1, 0.15) is 5.75 Å². The summed E-state index contributed by atoms with van der Waals surface area (Å²) in [7, 11) is 0. The van der Waals surface area contributed by atoms with E-state index in [0.29, 0.717) is 22.4 Å². The summed E-state index contributed by atoms with van der Waals surface area (Å²) in [5.74, 6) is 1.60. The summed E-state index contributed by atoms with van der Waals surface area (Å²) >= 11 is 13.4. The van der Waals surface area contributed by atoms with Crippen molar-refractivity contribution in [3.8, 4) is 5.75 Å². The molecule has 1 nitrogen and oxygen atoms in total. The Labute approximate surface area is 92.4 Å². The van der Waals surface area contributed by atoms with Crippen LogP contribution >= 0.6 is 35.0 Å². The molecule has 1 aromatic rings. The van der Waals surface area contributed by atoms with Gasteiger partial charge in [0.2, 0.25) is 0 Å². The van der Waals surface area contributed by atoms with Gasteiger partial charge in [0.15, 0.2) is 0 Å². The Kier molecular flexibility index (Phi) is 4.78. The Morgan fingerprint density at radius 1 is 1.38 bits per heavy atom. The summed E-state index contributed by atoms with van der Waals surface area (Å²) in [5, 5.41) is 1.24. The second kappa shape index (κ2) is 5.63. The Hall–Kier alpha value is -0.0500. The number of hydrogen-bond acceptors (Lipinski definition) is 2. The zero-order valence-corrected chi connectivity index (χ0v) is 9.55. The van der Waals surface area contributed by atoms with Crippen LogP contribution in [0.1, 0.15) is 0 Å². The van der Waals surface area contributed by atoms with E-state index in [9.17, 15) is 0 Å². The molecule has 13 heavy (non-hydrogen) atoms. The first kappa shape index (κ1) is 11.0. The SMILES string of the molecule is CSCCOc1cc(Cl)ccc1Cl. The highest BCUT2D eigenvalue weighted by Gasteiger charge is 2.01. The van der Waals surface area contributed by atoms with Gasteiger partial charge >= 0.3 is 0 Å². The summed E-state index contributed by atoms with van der Waals surface area (Å²) in [6.07, 6.45) is 2.03. The Morgan fingerprint density at radius 3 is 2.85 bits per heavy atom. The van der Waals surface area contributed by atoms with Gasteiger partial charge in [-0.1, -0.05) is 23.2 Å². The van der Waals surface area contributed by atoms with Crippen LogP contribution in [0.3, 0.4) is 0 Å². The Bertz CT molecular complexity index is 278. The van der Waals surface area contributed by atoms with Crippen molar-refractivity contribution in [3.05, 3.63) is 28.2 Å². The molecular formula is C9H10Cl2OS. The average Bonchev–Trinajstić information content (AvgIpc) is 2.11. The van der Waals surface area contributed by atoms with E-state index in [-0.39, 0.29) is 0 Å². The van der Waals surface area contributed by atoms with E-state index >= 15 is 0 Å². The van der Waals surface area contributed by atoms with Crippen molar-refractivity contribution < 1.29 is 4.74 Å². The third-order valence-corrected chi connectivity index (χ3v) is 2.56. The van der Waals surface area contributed by atoms with Crippen LogP contribution in [0, 0.1) is 0 Å². The summed E-state index contributed by atoms with van der Waals surface area (Å²) < 4.78 is 5.42. The number of rotatable bonds is 4. The van der Waals surface area contributed by atoms with Gasteiger partial charge in [-0.25, -0.2) is 0 Å². The summed E-state index contributed by atoms with van der Waals surface area (Å²) in [5.41, 5.74) is 0. The van der Waals surface area contributed by atoms with Crippen LogP contribution in [-0.4, -0.2) is 18.6 Å². The van der Waals surface area contributed by atoms with E-state index in [0.717, 1.165) is 5.75 Å². The molecule has 0 aliphatic heterocycles. The van der Waals surface area contributed by atoms with Gasteiger partial charge in [0.05, 0.1) is 11.6 Å². The van der Waals surface area contributed by atoms with Gasteiger partial charge in [0, 0.05) is 16.8 Å². The fourth-order valence-electron chi connectivity index (χ4n) is 0.823. The molecule has 0 fully saturated rings. The number of hydrogen-bond donors (Lipinski definition) is 0. The summed E-state index contributed by atoms with van der Waals surface area (Å²) in [4.78, 5) is 0. The van der Waals surface area contributed by atoms with Crippen LogP contribution in [-0.2, 0) is 0 Å². The molecule has 0 atom stereocenters. The Balaban J connectivity index is 2.59. The standard InChI is InChI=1S/C9H10Cl2OS/c1-13-5-4-12-9-6-7(10)2-3-8(9)11/h2-3,6H,4-5H2,1H3. The normalized spacial score (nSPS) is 10.1. The second-order valence-corrected chi connectivity index (χ2v) is 4.25. The van der Waals surface area contributed by atoms with Crippen molar-refractivity contribution in [2.24, 2.45) is 0 Å². The predicted octanol–water partition coefficient (Wildman–Crippen LogP) is 3.74. The van der Waals surface area contributed by atoms with Gasteiger partial charge in [-0.15, -0.1) is 0 Å². The van der Waals surface area contributed by atoms with E-state index in [1.54, 1.807) is 30.0 Å². The van der Waals surface area contributed by atoms with E-state index < -0.39 is 0 Å². The molecule has 0 bridgehead atoms. The maximum atomic E-state index is 5.88. The molecule has 72 valence electrons. The summed E-state index contributed by atoms with van der Waals surface area (Å²) in [6, 6.07) is 5.20. The lowest BCUT2D eigenvalue weighted by Crippen LogP contribution is -1.99. The smallest absolute Gasteiger partial charge is 0.139 e. The van der Waals surface area contributed by atoms with Crippen molar-refractivity contribution >= 4 is 35.0 Å². The first-order valence-corrected chi connectivity index (χ1v) is 5.96. The van der Waals surface area contributed by atoms with E-state index in [1.807, 2.05) is 6.26 Å². The summed E-state index contributed by atoms with van der Waals surface area (Å²) in [6.45, 7) is 0.654. The highest BCUT2D eigenvalue weighted by molar-refractivity contribution is 7.98. The maximum absolute atomic E-state index is 5.88. The predicted molar refractivity (Wildman–Crippen MR) is 60.3 cm³/mol. The van der Waals surface area contributed by atoms with Crippen LogP contribution in [0.4, 0.5) is 0 Å². The van der Waals surface area contributed by atoms with Crippen LogP contribution < -0.4 is 4.74 Å². The van der Waals surface area contributed by atoms with Crippen molar-refractivity contribution in [2.45, 2.75) is 0 Å². The average molecular weight is 237 g/mol. The second-order valence-electron chi connectivity index (χ2n) is 2.42. The lowest BCUT2D eigenvalue weighted by molar-refractivity contribution is 0.344. The first-order chi connectivity index (χ1) is 6.24. The molecule has 0 saturated heterocycles. The first-order valence-electron chi connectivity index (χ1n) is 3.81. The van der Waals surface area contributed by atoms with Crippen molar-refractivity contribution in [3.63, 3.8) is 0 Å². The molecule has 1 aromatic carbocycles. The molecule has 0 N–H and O–H groups in total. The fourth-order valence-corrected chi connectivity index (χ4v) is 1.41. The lowest BCUT2D eigenvalue weighted by atomic mass is 10.3. The zero-order valence-electron chi connectivity index (χ0n) is 7.22. The molecule has 0 saturated carbocycles. The molecule has 0 amide bonds. The molecule has 0 aliphatic rings. The van der Waals surface area contributed by atoms with Gasteiger partial charge in [0.25, 0.3) is 0 Å².